The predicted octanol–water partition coefficient (Wildman–Crippen LogP) is 2.95. The molecule has 3 aromatic rings. The summed E-state index contributed by atoms with van der Waals surface area (Å²) in [4.78, 5) is 8.31. The number of para-hydroxylation sites is 2. The molecule has 0 spiro atoms. The largest absolute Gasteiger partial charge is 0.482 e. The van der Waals surface area contributed by atoms with E-state index in [9.17, 15) is 0 Å². The number of anilines is 1. The SMILES string of the molecule is Nc1ccccc1OCc1nc(-c2ncccc2Cl)no1. The van der Waals surface area contributed by atoms with Gasteiger partial charge >= 0.3 is 0 Å². The van der Waals surface area contributed by atoms with Gasteiger partial charge in [-0.15, -0.1) is 0 Å². The number of hydrogen-bond acceptors (Lipinski definition) is 6. The van der Waals surface area contributed by atoms with Gasteiger partial charge in [0.1, 0.15) is 11.4 Å². The van der Waals surface area contributed by atoms with Crippen LogP contribution in [0.5, 0.6) is 5.75 Å². The summed E-state index contributed by atoms with van der Waals surface area (Å²) in [5, 5.41) is 4.29. The van der Waals surface area contributed by atoms with Crippen LogP contribution in [0.3, 0.4) is 0 Å². The van der Waals surface area contributed by atoms with Crippen molar-refractivity contribution in [2.45, 2.75) is 6.61 Å². The van der Waals surface area contributed by atoms with Gasteiger partial charge in [-0.3, -0.25) is 4.98 Å². The van der Waals surface area contributed by atoms with Crippen LogP contribution in [0, 0.1) is 0 Å². The molecule has 2 aromatic heterocycles. The third kappa shape index (κ3) is 2.95. The second kappa shape index (κ2) is 5.80. The van der Waals surface area contributed by atoms with E-state index < -0.39 is 0 Å². The lowest BCUT2D eigenvalue weighted by molar-refractivity contribution is 0.244. The van der Waals surface area contributed by atoms with Crippen molar-refractivity contribution in [3.05, 3.63) is 53.5 Å². The van der Waals surface area contributed by atoms with E-state index in [4.69, 9.17) is 26.6 Å². The summed E-state index contributed by atoms with van der Waals surface area (Å²) in [6, 6.07) is 10.6. The minimum atomic E-state index is 0.117. The highest BCUT2D eigenvalue weighted by atomic mass is 35.5. The number of benzene rings is 1. The predicted molar refractivity (Wildman–Crippen MR) is 77.7 cm³/mol. The van der Waals surface area contributed by atoms with Crippen molar-refractivity contribution in [2.75, 3.05) is 5.73 Å². The highest BCUT2D eigenvalue weighted by molar-refractivity contribution is 6.32. The maximum atomic E-state index is 6.03. The van der Waals surface area contributed by atoms with E-state index in [1.807, 2.05) is 12.1 Å². The number of nitrogens with two attached hydrogens (primary N) is 1. The Hall–Kier alpha value is -2.60. The average Bonchev–Trinajstić information content (AvgIpc) is 2.96. The van der Waals surface area contributed by atoms with Crippen molar-refractivity contribution >= 4 is 17.3 Å². The van der Waals surface area contributed by atoms with Gasteiger partial charge in [-0.2, -0.15) is 4.98 Å². The summed E-state index contributed by atoms with van der Waals surface area (Å²) in [5.74, 6) is 1.20. The molecule has 0 aliphatic rings. The van der Waals surface area contributed by atoms with Gasteiger partial charge in [-0.25, -0.2) is 0 Å². The average molecular weight is 303 g/mol. The summed E-state index contributed by atoms with van der Waals surface area (Å²) in [7, 11) is 0. The second-order valence-electron chi connectivity index (χ2n) is 4.17. The lowest BCUT2D eigenvalue weighted by Crippen LogP contribution is -1.98. The zero-order valence-corrected chi connectivity index (χ0v) is 11.6. The first kappa shape index (κ1) is 13.4. The van der Waals surface area contributed by atoms with Crippen LogP contribution in [0.2, 0.25) is 5.02 Å². The molecule has 0 amide bonds. The minimum absolute atomic E-state index is 0.117. The van der Waals surface area contributed by atoms with Gasteiger partial charge in [0, 0.05) is 6.20 Å². The summed E-state index contributed by atoms with van der Waals surface area (Å²) < 4.78 is 10.6. The van der Waals surface area contributed by atoms with Gasteiger partial charge in [0.05, 0.1) is 10.7 Å². The fourth-order valence-corrected chi connectivity index (χ4v) is 1.92. The zero-order chi connectivity index (χ0) is 14.7. The molecule has 106 valence electrons. The normalized spacial score (nSPS) is 10.5. The molecule has 6 nitrogen and oxygen atoms in total. The maximum absolute atomic E-state index is 6.03. The summed E-state index contributed by atoms with van der Waals surface area (Å²) >= 11 is 6.03. The number of nitrogen functional groups attached to an aromatic ring is 1. The van der Waals surface area contributed by atoms with Crippen LogP contribution in [-0.4, -0.2) is 15.1 Å². The molecule has 0 aliphatic heterocycles. The van der Waals surface area contributed by atoms with Crippen LogP contribution in [0.1, 0.15) is 5.89 Å². The summed E-state index contributed by atoms with van der Waals surface area (Å²) in [6.45, 7) is 0.117. The first-order valence-electron chi connectivity index (χ1n) is 6.15. The van der Waals surface area contributed by atoms with Crippen LogP contribution >= 0.6 is 11.6 Å². The molecular formula is C14H11ClN4O2. The van der Waals surface area contributed by atoms with Crippen molar-refractivity contribution in [2.24, 2.45) is 0 Å². The number of ether oxygens (including phenoxy) is 1. The van der Waals surface area contributed by atoms with Crippen LogP contribution < -0.4 is 10.5 Å². The number of aromatic nitrogens is 3. The number of nitrogens with zero attached hydrogens (tertiary/aromatic N) is 3. The zero-order valence-electron chi connectivity index (χ0n) is 10.9. The summed E-state index contributed by atoms with van der Waals surface area (Å²) in [6.07, 6.45) is 1.61. The lowest BCUT2D eigenvalue weighted by atomic mass is 10.3. The highest BCUT2D eigenvalue weighted by Crippen LogP contribution is 2.24. The molecule has 0 saturated heterocycles. The molecule has 2 heterocycles. The Morgan fingerprint density at radius 1 is 1.19 bits per heavy atom. The van der Waals surface area contributed by atoms with Crippen molar-refractivity contribution in [3.63, 3.8) is 0 Å². The topological polar surface area (TPSA) is 87.1 Å². The molecule has 0 radical (unpaired) electrons. The highest BCUT2D eigenvalue weighted by Gasteiger charge is 2.13. The Morgan fingerprint density at radius 3 is 2.86 bits per heavy atom. The van der Waals surface area contributed by atoms with Gasteiger partial charge in [0.2, 0.25) is 5.82 Å². The fraction of sp³-hybridized carbons (Fsp3) is 0.0714. The Bertz CT molecular complexity index is 760. The maximum Gasteiger partial charge on any atom is 0.264 e. The van der Waals surface area contributed by atoms with E-state index in [2.05, 4.69) is 15.1 Å². The van der Waals surface area contributed by atoms with Gasteiger partial charge in [-0.1, -0.05) is 28.9 Å². The number of halogens is 1. The molecule has 0 bridgehead atoms. The monoisotopic (exact) mass is 302 g/mol. The third-order valence-electron chi connectivity index (χ3n) is 2.71. The van der Waals surface area contributed by atoms with Crippen LogP contribution in [-0.2, 0) is 6.61 Å². The van der Waals surface area contributed by atoms with Gasteiger partial charge in [-0.05, 0) is 24.3 Å². The third-order valence-corrected chi connectivity index (χ3v) is 3.01. The smallest absolute Gasteiger partial charge is 0.264 e. The quantitative estimate of drug-likeness (QED) is 0.746. The molecule has 7 heteroatoms. The van der Waals surface area contributed by atoms with E-state index in [0.29, 0.717) is 33.9 Å². The minimum Gasteiger partial charge on any atom is -0.482 e. The molecule has 1 aromatic carbocycles. The number of hydrogen-bond donors (Lipinski definition) is 1. The Morgan fingerprint density at radius 2 is 2.05 bits per heavy atom. The fourth-order valence-electron chi connectivity index (χ4n) is 1.71. The molecule has 2 N–H and O–H groups in total. The van der Waals surface area contributed by atoms with E-state index in [1.54, 1.807) is 30.5 Å². The number of pyridine rings is 1. The standard InChI is InChI=1S/C14H11ClN4O2/c15-9-4-3-7-17-13(9)14-18-12(21-19-14)8-20-11-6-2-1-5-10(11)16/h1-7H,8,16H2. The molecular weight excluding hydrogens is 292 g/mol. The Balaban J connectivity index is 1.74. The van der Waals surface area contributed by atoms with Crippen molar-refractivity contribution in [1.29, 1.82) is 0 Å². The lowest BCUT2D eigenvalue weighted by Gasteiger charge is -2.05. The molecule has 0 fully saturated rings. The molecule has 21 heavy (non-hydrogen) atoms. The Labute approximate surface area is 125 Å². The van der Waals surface area contributed by atoms with Crippen LogP contribution in [0.4, 0.5) is 5.69 Å². The number of rotatable bonds is 4. The molecule has 3 rings (SSSR count). The molecule has 0 atom stereocenters. The van der Waals surface area contributed by atoms with Crippen LogP contribution in [0.15, 0.2) is 47.1 Å². The van der Waals surface area contributed by atoms with Crippen molar-refractivity contribution in [3.8, 4) is 17.3 Å². The first-order chi connectivity index (χ1) is 10.2. The van der Waals surface area contributed by atoms with E-state index in [-0.39, 0.29) is 6.61 Å². The van der Waals surface area contributed by atoms with Crippen molar-refractivity contribution < 1.29 is 9.26 Å². The van der Waals surface area contributed by atoms with Gasteiger partial charge < -0.3 is 15.0 Å². The molecule has 0 unspecified atom stereocenters. The van der Waals surface area contributed by atoms with E-state index in [1.165, 1.54) is 0 Å². The van der Waals surface area contributed by atoms with Crippen LogP contribution in [0.25, 0.3) is 11.5 Å². The molecule has 0 aliphatic carbocycles. The first-order valence-corrected chi connectivity index (χ1v) is 6.52. The summed E-state index contributed by atoms with van der Waals surface area (Å²) in [5.41, 5.74) is 6.79. The second-order valence-corrected chi connectivity index (χ2v) is 4.58. The van der Waals surface area contributed by atoms with Gasteiger partial charge in [0.15, 0.2) is 6.61 Å². The molecule has 0 saturated carbocycles. The van der Waals surface area contributed by atoms with E-state index >= 15 is 0 Å². The van der Waals surface area contributed by atoms with Gasteiger partial charge in [0.25, 0.3) is 5.89 Å². The van der Waals surface area contributed by atoms with Crippen molar-refractivity contribution in [1.82, 2.24) is 15.1 Å². The Kier molecular flexibility index (Phi) is 3.70. The van der Waals surface area contributed by atoms with E-state index in [0.717, 1.165) is 0 Å².